The number of hydrogen-bond donors (Lipinski definition) is 2. The molecule has 2 rings (SSSR count). The van der Waals surface area contributed by atoms with Gasteiger partial charge in [-0.1, -0.05) is 0 Å². The molecule has 1 aromatic heterocycles. The highest BCUT2D eigenvalue weighted by Gasteiger charge is 2.13. The third-order valence-corrected chi connectivity index (χ3v) is 3.10. The van der Waals surface area contributed by atoms with Crippen LogP contribution in [0.1, 0.15) is 25.6 Å². The highest BCUT2D eigenvalue weighted by Crippen LogP contribution is 2.15. The predicted molar refractivity (Wildman–Crippen MR) is 80.2 cm³/mol. The maximum absolute atomic E-state index is 11.9. The Morgan fingerprint density at radius 3 is 2.71 bits per heavy atom. The number of anilines is 1. The van der Waals surface area contributed by atoms with Gasteiger partial charge in [-0.25, -0.2) is 0 Å². The first-order chi connectivity index (χ1) is 10.2. The van der Waals surface area contributed by atoms with E-state index < -0.39 is 0 Å². The molecule has 0 saturated heterocycles. The summed E-state index contributed by atoms with van der Waals surface area (Å²) in [7, 11) is 0. The SMILES string of the molecule is CCOc1ccc(NC(=O)C[NH2+][C@H](C)c2ccco2)cc1. The summed E-state index contributed by atoms with van der Waals surface area (Å²) in [5.41, 5.74) is 0.766. The Hall–Kier alpha value is -2.27. The van der Waals surface area contributed by atoms with Crippen molar-refractivity contribution in [1.29, 1.82) is 0 Å². The van der Waals surface area contributed by atoms with Gasteiger partial charge in [0, 0.05) is 5.69 Å². The van der Waals surface area contributed by atoms with Crippen molar-refractivity contribution >= 4 is 11.6 Å². The molecule has 0 aliphatic heterocycles. The van der Waals surface area contributed by atoms with Gasteiger partial charge in [0.05, 0.1) is 12.9 Å². The first-order valence-corrected chi connectivity index (χ1v) is 7.08. The summed E-state index contributed by atoms with van der Waals surface area (Å²) in [6.07, 6.45) is 1.64. The second kappa shape index (κ2) is 7.50. The maximum Gasteiger partial charge on any atom is 0.279 e. The van der Waals surface area contributed by atoms with Crippen LogP contribution in [-0.4, -0.2) is 19.1 Å². The standard InChI is InChI=1S/C16H20N2O3/c1-3-20-14-8-6-13(7-9-14)18-16(19)11-17-12(2)15-5-4-10-21-15/h4-10,12,17H,3,11H2,1-2H3,(H,18,19)/p+1/t12-/m1/s1. The van der Waals surface area contributed by atoms with Gasteiger partial charge in [-0.15, -0.1) is 0 Å². The molecule has 5 heteroatoms. The Bertz CT molecular complexity index is 549. The molecule has 0 spiro atoms. The molecule has 2 aromatic rings. The van der Waals surface area contributed by atoms with Crippen LogP contribution in [0.25, 0.3) is 0 Å². The van der Waals surface area contributed by atoms with Crippen LogP contribution in [-0.2, 0) is 4.79 Å². The fraction of sp³-hybridized carbons (Fsp3) is 0.312. The van der Waals surface area contributed by atoms with Crippen molar-refractivity contribution in [2.45, 2.75) is 19.9 Å². The zero-order valence-electron chi connectivity index (χ0n) is 12.3. The van der Waals surface area contributed by atoms with Crippen molar-refractivity contribution in [3.05, 3.63) is 48.4 Å². The van der Waals surface area contributed by atoms with Crippen molar-refractivity contribution in [1.82, 2.24) is 0 Å². The van der Waals surface area contributed by atoms with Gasteiger partial charge in [-0.05, 0) is 50.2 Å². The molecule has 0 radical (unpaired) electrons. The minimum atomic E-state index is -0.0439. The molecule has 5 nitrogen and oxygen atoms in total. The quantitative estimate of drug-likeness (QED) is 0.818. The summed E-state index contributed by atoms with van der Waals surface area (Å²) < 4.78 is 10.7. The average molecular weight is 289 g/mol. The van der Waals surface area contributed by atoms with Crippen LogP contribution in [0, 0.1) is 0 Å². The van der Waals surface area contributed by atoms with E-state index in [1.54, 1.807) is 6.26 Å². The van der Waals surface area contributed by atoms with Gasteiger partial charge in [0.15, 0.2) is 12.3 Å². The summed E-state index contributed by atoms with van der Waals surface area (Å²) in [5, 5.41) is 4.79. The van der Waals surface area contributed by atoms with Crippen LogP contribution in [0.15, 0.2) is 47.1 Å². The minimum absolute atomic E-state index is 0.0439. The van der Waals surface area contributed by atoms with Crippen LogP contribution >= 0.6 is 0 Å². The van der Waals surface area contributed by atoms with E-state index in [1.807, 2.05) is 55.6 Å². The highest BCUT2D eigenvalue weighted by molar-refractivity contribution is 5.91. The number of nitrogens with two attached hydrogens (primary N) is 1. The van der Waals surface area contributed by atoms with Crippen LogP contribution in [0.3, 0.4) is 0 Å². The number of carbonyl (C=O) groups excluding carboxylic acids is 1. The molecule has 21 heavy (non-hydrogen) atoms. The first kappa shape index (κ1) is 15.1. The zero-order valence-corrected chi connectivity index (χ0v) is 12.3. The fourth-order valence-electron chi connectivity index (χ4n) is 1.96. The Kier molecular flexibility index (Phi) is 5.40. The van der Waals surface area contributed by atoms with E-state index in [1.165, 1.54) is 0 Å². The lowest BCUT2D eigenvalue weighted by atomic mass is 10.2. The number of furan rings is 1. The molecule has 1 atom stereocenters. The molecule has 3 N–H and O–H groups in total. The van der Waals surface area contributed by atoms with Gasteiger partial charge in [-0.2, -0.15) is 0 Å². The first-order valence-electron chi connectivity index (χ1n) is 7.08. The number of nitrogens with one attached hydrogen (secondary N) is 1. The third kappa shape index (κ3) is 4.65. The Morgan fingerprint density at radius 1 is 1.33 bits per heavy atom. The lowest BCUT2D eigenvalue weighted by molar-refractivity contribution is -0.684. The van der Waals surface area contributed by atoms with Gasteiger partial charge >= 0.3 is 0 Å². The van der Waals surface area contributed by atoms with Crippen molar-refractivity contribution in [2.75, 3.05) is 18.5 Å². The summed E-state index contributed by atoms with van der Waals surface area (Å²) in [6, 6.07) is 11.2. The van der Waals surface area contributed by atoms with Gasteiger partial charge in [0.25, 0.3) is 5.91 Å². The molecule has 1 amide bonds. The van der Waals surface area contributed by atoms with Crippen molar-refractivity contribution in [3.63, 3.8) is 0 Å². The monoisotopic (exact) mass is 289 g/mol. The van der Waals surface area contributed by atoms with Gasteiger partial charge < -0.3 is 19.8 Å². The summed E-state index contributed by atoms with van der Waals surface area (Å²) in [5.74, 6) is 1.62. The van der Waals surface area contributed by atoms with Gasteiger partial charge in [0.1, 0.15) is 11.8 Å². The van der Waals surface area contributed by atoms with Gasteiger partial charge in [0.2, 0.25) is 0 Å². The zero-order chi connectivity index (χ0) is 15.1. The number of rotatable bonds is 7. The topological polar surface area (TPSA) is 68.1 Å². The molecule has 0 bridgehead atoms. The van der Waals surface area contributed by atoms with E-state index in [0.29, 0.717) is 13.2 Å². The maximum atomic E-state index is 11.9. The van der Waals surface area contributed by atoms with E-state index >= 15 is 0 Å². The molecule has 0 fully saturated rings. The molecule has 1 aromatic carbocycles. The van der Waals surface area contributed by atoms with E-state index in [0.717, 1.165) is 17.2 Å². The lowest BCUT2D eigenvalue weighted by Gasteiger charge is -2.09. The number of hydrogen-bond acceptors (Lipinski definition) is 3. The Labute approximate surface area is 124 Å². The number of benzene rings is 1. The van der Waals surface area contributed by atoms with Crippen LogP contribution in [0.4, 0.5) is 5.69 Å². The molecule has 0 unspecified atom stereocenters. The average Bonchev–Trinajstić information content (AvgIpc) is 3.01. The normalized spacial score (nSPS) is 11.9. The predicted octanol–water partition coefficient (Wildman–Crippen LogP) is 1.94. The molecule has 0 aliphatic rings. The van der Waals surface area contributed by atoms with E-state index in [4.69, 9.17) is 9.15 Å². The Balaban J connectivity index is 1.78. The molecule has 1 heterocycles. The second-order valence-electron chi connectivity index (χ2n) is 4.75. The molecule has 112 valence electrons. The summed E-state index contributed by atoms with van der Waals surface area (Å²) in [4.78, 5) is 11.9. The fourth-order valence-corrected chi connectivity index (χ4v) is 1.96. The van der Waals surface area contributed by atoms with Crippen LogP contribution < -0.4 is 15.4 Å². The molecule has 0 saturated carbocycles. The number of quaternary nitrogens is 1. The summed E-state index contributed by atoms with van der Waals surface area (Å²) in [6.45, 7) is 4.91. The van der Waals surface area contributed by atoms with Crippen LogP contribution in [0.5, 0.6) is 5.75 Å². The third-order valence-electron chi connectivity index (χ3n) is 3.10. The number of ether oxygens (including phenoxy) is 1. The van der Waals surface area contributed by atoms with Crippen molar-refractivity contribution < 1.29 is 19.3 Å². The molecular weight excluding hydrogens is 268 g/mol. The summed E-state index contributed by atoms with van der Waals surface area (Å²) >= 11 is 0. The van der Waals surface area contributed by atoms with Crippen LogP contribution in [0.2, 0.25) is 0 Å². The molecular formula is C16H21N2O3+. The molecule has 0 aliphatic carbocycles. The van der Waals surface area contributed by atoms with Gasteiger partial charge in [-0.3, -0.25) is 4.79 Å². The number of amides is 1. The van der Waals surface area contributed by atoms with E-state index in [9.17, 15) is 4.79 Å². The second-order valence-corrected chi connectivity index (χ2v) is 4.75. The minimum Gasteiger partial charge on any atom is -0.494 e. The Morgan fingerprint density at radius 2 is 2.10 bits per heavy atom. The van der Waals surface area contributed by atoms with Crippen molar-refractivity contribution in [2.24, 2.45) is 0 Å². The lowest BCUT2D eigenvalue weighted by Crippen LogP contribution is -2.86. The van der Waals surface area contributed by atoms with E-state index in [2.05, 4.69) is 5.32 Å². The smallest absolute Gasteiger partial charge is 0.279 e. The van der Waals surface area contributed by atoms with Crippen molar-refractivity contribution in [3.8, 4) is 5.75 Å². The highest BCUT2D eigenvalue weighted by atomic mass is 16.5. The number of carbonyl (C=O) groups is 1. The largest absolute Gasteiger partial charge is 0.494 e. The van der Waals surface area contributed by atoms with E-state index in [-0.39, 0.29) is 11.9 Å².